The quantitative estimate of drug-likeness (QED) is 0.0630. The number of hydrogen-bond donors (Lipinski definition) is 8. The maximum absolute atomic E-state index is 13.3. The van der Waals surface area contributed by atoms with Gasteiger partial charge in [-0.25, -0.2) is 4.79 Å². The van der Waals surface area contributed by atoms with Crippen LogP contribution in [-0.2, 0) is 33.6 Å². The maximum Gasteiger partial charge on any atom is 0.336 e. The van der Waals surface area contributed by atoms with E-state index in [1.54, 1.807) is 19.1 Å². The SMILES string of the molecule is CC(=O)NCCCC[C@H](NC(=O)[C@H](C)NC(=O)CNC(=O)CNC(=O)[C@H](CCCCN)NC(C)=O)C(=O)Nc1ccc2c(C)cc(=O)oc2c1. The van der Waals surface area contributed by atoms with Gasteiger partial charge in [0.1, 0.15) is 23.7 Å². The summed E-state index contributed by atoms with van der Waals surface area (Å²) in [7, 11) is 0. The molecule has 0 fully saturated rings. The van der Waals surface area contributed by atoms with Crippen molar-refractivity contribution in [3.05, 3.63) is 40.2 Å². The number of anilines is 1. The molecule has 0 aliphatic heterocycles. The van der Waals surface area contributed by atoms with Crippen molar-refractivity contribution in [3.8, 4) is 0 Å². The molecule has 0 radical (unpaired) electrons. The fourth-order valence-electron chi connectivity index (χ4n) is 4.83. The summed E-state index contributed by atoms with van der Waals surface area (Å²) in [6.45, 7) is 5.70. The van der Waals surface area contributed by atoms with Crippen molar-refractivity contribution in [2.45, 2.75) is 84.3 Å². The molecule has 0 unspecified atom stereocenters. The minimum Gasteiger partial charge on any atom is -0.423 e. The van der Waals surface area contributed by atoms with Crippen molar-refractivity contribution >= 4 is 58.0 Å². The van der Waals surface area contributed by atoms with Crippen molar-refractivity contribution in [3.63, 3.8) is 0 Å². The summed E-state index contributed by atoms with van der Waals surface area (Å²) in [5.41, 5.74) is 6.26. The van der Waals surface area contributed by atoms with Gasteiger partial charge in [0.15, 0.2) is 0 Å². The van der Waals surface area contributed by atoms with Crippen LogP contribution in [0.25, 0.3) is 11.0 Å². The highest BCUT2D eigenvalue weighted by atomic mass is 16.4. The number of nitrogens with one attached hydrogen (secondary N) is 7. The third-order valence-electron chi connectivity index (χ3n) is 7.43. The van der Waals surface area contributed by atoms with Crippen LogP contribution in [0.2, 0.25) is 0 Å². The Morgan fingerprint density at radius 3 is 2.06 bits per heavy atom. The molecule has 17 nitrogen and oxygen atoms in total. The number of unbranched alkanes of at least 4 members (excludes halogenated alkanes) is 2. The van der Waals surface area contributed by atoms with Crippen LogP contribution in [0.5, 0.6) is 0 Å². The lowest BCUT2D eigenvalue weighted by atomic mass is 10.1. The van der Waals surface area contributed by atoms with E-state index in [2.05, 4.69) is 37.2 Å². The number of fused-ring (bicyclic) bond motifs is 1. The zero-order valence-corrected chi connectivity index (χ0v) is 28.9. The number of aryl methyl sites for hydroxylation is 1. The lowest BCUT2D eigenvalue weighted by Crippen LogP contribution is -2.53. The average molecular weight is 701 g/mol. The molecule has 50 heavy (non-hydrogen) atoms. The second kappa shape index (κ2) is 20.9. The van der Waals surface area contributed by atoms with E-state index in [1.807, 2.05) is 0 Å². The first kappa shape index (κ1) is 40.9. The molecular weight excluding hydrogens is 652 g/mol. The maximum atomic E-state index is 13.3. The van der Waals surface area contributed by atoms with Gasteiger partial charge >= 0.3 is 5.63 Å². The van der Waals surface area contributed by atoms with Crippen LogP contribution in [-0.4, -0.2) is 85.7 Å². The van der Waals surface area contributed by atoms with E-state index in [0.717, 1.165) is 0 Å². The van der Waals surface area contributed by atoms with E-state index in [-0.39, 0.29) is 17.9 Å². The molecule has 0 saturated carbocycles. The van der Waals surface area contributed by atoms with Crippen LogP contribution in [0.1, 0.15) is 64.9 Å². The van der Waals surface area contributed by atoms with E-state index < -0.39 is 72.3 Å². The Balaban J connectivity index is 1.94. The molecule has 17 heteroatoms. The topological polar surface area (TPSA) is 260 Å². The van der Waals surface area contributed by atoms with Crippen LogP contribution in [0.4, 0.5) is 5.69 Å². The van der Waals surface area contributed by atoms with E-state index in [0.29, 0.717) is 61.8 Å². The molecule has 0 aliphatic rings. The van der Waals surface area contributed by atoms with E-state index in [1.165, 1.54) is 32.9 Å². The fourth-order valence-corrected chi connectivity index (χ4v) is 4.83. The molecule has 0 bridgehead atoms. The second-order valence-corrected chi connectivity index (χ2v) is 11.8. The van der Waals surface area contributed by atoms with Crippen molar-refractivity contribution in [1.82, 2.24) is 31.9 Å². The third kappa shape index (κ3) is 14.8. The van der Waals surface area contributed by atoms with Crippen molar-refractivity contribution < 1.29 is 38.0 Å². The number of benzene rings is 1. The molecule has 7 amide bonds. The Morgan fingerprint density at radius 1 is 0.740 bits per heavy atom. The zero-order chi connectivity index (χ0) is 37.2. The Kier molecular flexibility index (Phi) is 17.1. The standard InChI is InChI=1S/C33H48N8O9/c1-19-15-30(46)50-27-16-23(11-12-24(19)27)40-33(49)26(10-6-8-14-35-21(3)42)41-31(47)20(2)38-29(45)18-36-28(44)17-37-32(48)25(39-22(4)43)9-5-7-13-34/h11-12,15-16,20,25-26H,5-10,13-14,17-18,34H2,1-4H3,(H,35,42)(H,36,44)(H,37,48)(H,38,45)(H,39,43)(H,40,49)(H,41,47)/t20-,25-,26-/m0/s1. The number of rotatable bonds is 20. The first-order valence-electron chi connectivity index (χ1n) is 16.4. The summed E-state index contributed by atoms with van der Waals surface area (Å²) in [6, 6.07) is 3.23. The number of nitrogens with two attached hydrogens (primary N) is 1. The van der Waals surface area contributed by atoms with Gasteiger partial charge in [-0.3, -0.25) is 33.6 Å². The molecule has 1 aromatic carbocycles. The normalized spacial score (nSPS) is 12.5. The molecule has 0 saturated heterocycles. The van der Waals surface area contributed by atoms with Crippen molar-refractivity contribution in [2.24, 2.45) is 5.73 Å². The van der Waals surface area contributed by atoms with Gasteiger partial charge in [0.05, 0.1) is 13.1 Å². The Morgan fingerprint density at radius 2 is 1.40 bits per heavy atom. The minimum atomic E-state index is -1.10. The monoisotopic (exact) mass is 700 g/mol. The second-order valence-electron chi connectivity index (χ2n) is 11.8. The van der Waals surface area contributed by atoms with Gasteiger partial charge in [0, 0.05) is 43.6 Å². The summed E-state index contributed by atoms with van der Waals surface area (Å²) in [5.74, 6) is -3.75. The number of amides is 7. The summed E-state index contributed by atoms with van der Waals surface area (Å²) in [4.78, 5) is 98.0. The number of carbonyl (C=O) groups is 7. The Bertz CT molecular complexity index is 1590. The summed E-state index contributed by atoms with van der Waals surface area (Å²) in [5, 5.41) is 18.5. The number of hydrogen-bond acceptors (Lipinski definition) is 10. The van der Waals surface area contributed by atoms with Gasteiger partial charge in [-0.1, -0.05) is 0 Å². The van der Waals surface area contributed by atoms with Crippen LogP contribution < -0.4 is 48.6 Å². The average Bonchev–Trinajstić information content (AvgIpc) is 3.04. The fraction of sp³-hybridized carbons (Fsp3) is 0.515. The highest BCUT2D eigenvalue weighted by Crippen LogP contribution is 2.21. The van der Waals surface area contributed by atoms with Crippen molar-refractivity contribution in [1.29, 1.82) is 0 Å². The van der Waals surface area contributed by atoms with Crippen LogP contribution in [0.3, 0.4) is 0 Å². The molecular formula is C33H48N8O9. The molecule has 2 rings (SSSR count). The summed E-state index contributed by atoms with van der Waals surface area (Å²) in [6.07, 6.45) is 2.81. The smallest absolute Gasteiger partial charge is 0.336 e. The van der Waals surface area contributed by atoms with Crippen molar-refractivity contribution in [2.75, 3.05) is 31.5 Å². The van der Waals surface area contributed by atoms with Gasteiger partial charge in [-0.05, 0) is 76.6 Å². The first-order valence-corrected chi connectivity index (χ1v) is 16.4. The van der Waals surface area contributed by atoms with Gasteiger partial charge < -0.3 is 47.4 Å². The predicted octanol–water partition coefficient (Wildman–Crippen LogP) is -0.798. The molecule has 1 aromatic heterocycles. The van der Waals surface area contributed by atoms with E-state index in [9.17, 15) is 38.4 Å². The van der Waals surface area contributed by atoms with Gasteiger partial charge in [0.25, 0.3) is 0 Å². The largest absolute Gasteiger partial charge is 0.423 e. The van der Waals surface area contributed by atoms with Crippen LogP contribution in [0, 0.1) is 6.92 Å². The van der Waals surface area contributed by atoms with E-state index >= 15 is 0 Å². The minimum absolute atomic E-state index is 0.194. The lowest BCUT2D eigenvalue weighted by molar-refractivity contribution is -0.131. The van der Waals surface area contributed by atoms with Gasteiger partial charge in [-0.15, -0.1) is 0 Å². The van der Waals surface area contributed by atoms with Gasteiger partial charge in [-0.2, -0.15) is 0 Å². The van der Waals surface area contributed by atoms with Crippen LogP contribution >= 0.6 is 0 Å². The summed E-state index contributed by atoms with van der Waals surface area (Å²) >= 11 is 0. The summed E-state index contributed by atoms with van der Waals surface area (Å²) < 4.78 is 5.25. The molecule has 3 atom stereocenters. The van der Waals surface area contributed by atoms with Gasteiger partial charge in [0.2, 0.25) is 41.4 Å². The molecule has 1 heterocycles. The highest BCUT2D eigenvalue weighted by molar-refractivity contribution is 6.00. The number of carbonyl (C=O) groups excluding carboxylic acids is 7. The zero-order valence-electron chi connectivity index (χ0n) is 28.9. The van der Waals surface area contributed by atoms with Crippen LogP contribution in [0.15, 0.2) is 33.5 Å². The predicted molar refractivity (Wildman–Crippen MR) is 184 cm³/mol. The molecule has 274 valence electrons. The first-order chi connectivity index (χ1) is 23.7. The molecule has 0 spiro atoms. The Hall–Kier alpha value is -5.32. The highest BCUT2D eigenvalue weighted by Gasteiger charge is 2.25. The lowest BCUT2D eigenvalue weighted by Gasteiger charge is -2.21. The van der Waals surface area contributed by atoms with E-state index in [4.69, 9.17) is 10.2 Å². The molecule has 2 aromatic rings. The molecule has 9 N–H and O–H groups in total. The third-order valence-corrected chi connectivity index (χ3v) is 7.43. The Labute approximate surface area is 289 Å². The molecule has 0 aliphatic carbocycles.